The summed E-state index contributed by atoms with van der Waals surface area (Å²) < 4.78 is 5.17. The Labute approximate surface area is 193 Å². The van der Waals surface area contributed by atoms with Gasteiger partial charge in [0.25, 0.3) is 5.91 Å². The highest BCUT2D eigenvalue weighted by Gasteiger charge is 2.15. The van der Waals surface area contributed by atoms with Crippen LogP contribution in [0.1, 0.15) is 49.0 Å². The summed E-state index contributed by atoms with van der Waals surface area (Å²) in [6.45, 7) is 4.17. The van der Waals surface area contributed by atoms with Gasteiger partial charge in [0, 0.05) is 18.9 Å². The molecule has 7 nitrogen and oxygen atoms in total. The molecule has 0 saturated carbocycles. The smallest absolute Gasteiger partial charge is 0.306 e. The summed E-state index contributed by atoms with van der Waals surface area (Å²) in [6.07, 6.45) is 1.33. The van der Waals surface area contributed by atoms with Crippen LogP contribution >= 0.6 is 12.2 Å². The van der Waals surface area contributed by atoms with Gasteiger partial charge in [-0.2, -0.15) is 0 Å². The van der Waals surface area contributed by atoms with E-state index in [4.69, 9.17) is 17.0 Å². The standard InChI is InChI=1S/C24H29N3O4S/c1-3-17(2)25-23(30)19-11-7-8-12-20(19)26-24(32)27-21(28)13-14-22(29)31-16-15-18-9-5-4-6-10-18/h4-12,17H,3,13-16H2,1-2H3,(H,25,30)(H2,26,27,28,32). The van der Waals surface area contributed by atoms with Gasteiger partial charge in [0.2, 0.25) is 5.91 Å². The third-order valence-corrected chi connectivity index (χ3v) is 4.92. The van der Waals surface area contributed by atoms with Gasteiger partial charge >= 0.3 is 5.97 Å². The molecular formula is C24H29N3O4S. The number of thiocarbonyl (C=S) groups is 1. The highest BCUT2D eigenvalue weighted by Crippen LogP contribution is 2.15. The normalized spacial score (nSPS) is 11.2. The molecule has 2 aromatic rings. The number of benzene rings is 2. The number of ether oxygens (including phenoxy) is 1. The molecule has 1 unspecified atom stereocenters. The van der Waals surface area contributed by atoms with E-state index in [0.717, 1.165) is 12.0 Å². The van der Waals surface area contributed by atoms with Gasteiger partial charge in [-0.3, -0.25) is 14.4 Å². The molecule has 0 heterocycles. The molecule has 0 spiro atoms. The number of hydrogen-bond donors (Lipinski definition) is 3. The Morgan fingerprint density at radius 2 is 1.69 bits per heavy atom. The lowest BCUT2D eigenvalue weighted by Gasteiger charge is -2.15. The lowest BCUT2D eigenvalue weighted by atomic mass is 10.1. The van der Waals surface area contributed by atoms with Crippen LogP contribution in [0.4, 0.5) is 5.69 Å². The van der Waals surface area contributed by atoms with E-state index in [1.165, 1.54) is 0 Å². The van der Waals surface area contributed by atoms with Gasteiger partial charge in [-0.05, 0) is 43.3 Å². The zero-order valence-electron chi connectivity index (χ0n) is 18.4. The third-order valence-electron chi connectivity index (χ3n) is 4.72. The average Bonchev–Trinajstić information content (AvgIpc) is 2.78. The van der Waals surface area contributed by atoms with Gasteiger partial charge in [-0.25, -0.2) is 0 Å². The maximum Gasteiger partial charge on any atom is 0.306 e. The molecule has 2 amide bonds. The van der Waals surface area contributed by atoms with Crippen LogP contribution in [0.2, 0.25) is 0 Å². The first-order chi connectivity index (χ1) is 15.4. The molecule has 32 heavy (non-hydrogen) atoms. The number of nitrogens with one attached hydrogen (secondary N) is 3. The maximum atomic E-state index is 12.5. The maximum absolute atomic E-state index is 12.5. The zero-order chi connectivity index (χ0) is 23.3. The molecule has 0 fully saturated rings. The van der Waals surface area contributed by atoms with Crippen molar-refractivity contribution in [3.05, 3.63) is 65.7 Å². The minimum atomic E-state index is -0.443. The molecule has 0 saturated heterocycles. The Hall–Kier alpha value is -3.26. The second-order valence-corrected chi connectivity index (χ2v) is 7.69. The first-order valence-electron chi connectivity index (χ1n) is 10.6. The molecular weight excluding hydrogens is 426 g/mol. The Kier molecular flexibility index (Phi) is 10.3. The lowest BCUT2D eigenvalue weighted by Crippen LogP contribution is -2.36. The van der Waals surface area contributed by atoms with Crippen LogP contribution in [0.5, 0.6) is 0 Å². The van der Waals surface area contributed by atoms with Crippen molar-refractivity contribution in [2.75, 3.05) is 11.9 Å². The van der Waals surface area contributed by atoms with Crippen LogP contribution < -0.4 is 16.0 Å². The van der Waals surface area contributed by atoms with Crippen molar-refractivity contribution in [2.24, 2.45) is 0 Å². The van der Waals surface area contributed by atoms with E-state index in [9.17, 15) is 14.4 Å². The van der Waals surface area contributed by atoms with E-state index in [0.29, 0.717) is 17.7 Å². The van der Waals surface area contributed by atoms with Crippen LogP contribution in [0, 0.1) is 0 Å². The molecule has 3 N–H and O–H groups in total. The van der Waals surface area contributed by atoms with E-state index < -0.39 is 11.9 Å². The summed E-state index contributed by atoms with van der Waals surface area (Å²) >= 11 is 5.18. The van der Waals surface area contributed by atoms with E-state index in [1.807, 2.05) is 44.2 Å². The Balaban J connectivity index is 1.75. The highest BCUT2D eigenvalue weighted by atomic mass is 32.1. The van der Waals surface area contributed by atoms with Crippen LogP contribution in [0.15, 0.2) is 54.6 Å². The van der Waals surface area contributed by atoms with Crippen LogP contribution in [0.25, 0.3) is 0 Å². The molecule has 1 atom stereocenters. The number of rotatable bonds is 10. The van der Waals surface area contributed by atoms with Gasteiger partial charge < -0.3 is 20.7 Å². The molecule has 0 aliphatic carbocycles. The summed E-state index contributed by atoms with van der Waals surface area (Å²) in [5, 5.41) is 8.35. The summed E-state index contributed by atoms with van der Waals surface area (Å²) in [5.41, 5.74) is 1.98. The van der Waals surface area contributed by atoms with Crippen molar-refractivity contribution in [3.8, 4) is 0 Å². The molecule has 170 valence electrons. The molecule has 0 aromatic heterocycles. The second-order valence-electron chi connectivity index (χ2n) is 7.29. The van der Waals surface area contributed by atoms with Gasteiger partial charge in [-0.1, -0.05) is 49.4 Å². The summed E-state index contributed by atoms with van der Waals surface area (Å²) in [5.74, 6) is -1.08. The predicted octanol–water partition coefficient (Wildman–Crippen LogP) is 3.59. The number of anilines is 1. The Bertz CT molecular complexity index is 934. The molecule has 0 bridgehead atoms. The van der Waals surface area contributed by atoms with Crippen molar-refractivity contribution in [1.29, 1.82) is 0 Å². The first-order valence-corrected chi connectivity index (χ1v) is 11.0. The van der Waals surface area contributed by atoms with E-state index in [2.05, 4.69) is 16.0 Å². The van der Waals surface area contributed by atoms with Crippen molar-refractivity contribution in [3.63, 3.8) is 0 Å². The summed E-state index contributed by atoms with van der Waals surface area (Å²) in [6, 6.07) is 16.6. The summed E-state index contributed by atoms with van der Waals surface area (Å²) in [7, 11) is 0. The van der Waals surface area contributed by atoms with E-state index in [-0.39, 0.29) is 36.5 Å². The molecule has 0 radical (unpaired) electrons. The molecule has 2 aromatic carbocycles. The quantitative estimate of drug-likeness (QED) is 0.374. The van der Waals surface area contributed by atoms with Crippen molar-refractivity contribution >= 4 is 40.8 Å². The fraction of sp³-hybridized carbons (Fsp3) is 0.333. The van der Waals surface area contributed by atoms with E-state index >= 15 is 0 Å². The number of esters is 1. The number of amides is 2. The second kappa shape index (κ2) is 13.2. The fourth-order valence-corrected chi connectivity index (χ4v) is 2.98. The minimum absolute atomic E-state index is 0.0367. The SMILES string of the molecule is CCC(C)NC(=O)c1ccccc1NC(=S)NC(=O)CCC(=O)OCCc1ccccc1. The lowest BCUT2D eigenvalue weighted by molar-refractivity contribution is -0.144. The number of hydrogen-bond acceptors (Lipinski definition) is 5. The number of carbonyl (C=O) groups excluding carboxylic acids is 3. The van der Waals surface area contributed by atoms with Crippen LogP contribution in [-0.4, -0.2) is 35.5 Å². The van der Waals surface area contributed by atoms with Gasteiger partial charge in [0.1, 0.15) is 0 Å². The number of carbonyl (C=O) groups is 3. The van der Waals surface area contributed by atoms with Crippen LogP contribution in [-0.2, 0) is 20.7 Å². The molecule has 0 aliphatic rings. The molecule has 0 aliphatic heterocycles. The topological polar surface area (TPSA) is 96.5 Å². The fourth-order valence-electron chi connectivity index (χ4n) is 2.75. The van der Waals surface area contributed by atoms with Crippen molar-refractivity contribution in [2.45, 2.75) is 45.6 Å². The van der Waals surface area contributed by atoms with Gasteiger partial charge in [0.05, 0.1) is 24.3 Å². The number of para-hydroxylation sites is 1. The molecule has 2 rings (SSSR count). The first kappa shape index (κ1) is 25.0. The predicted molar refractivity (Wildman–Crippen MR) is 128 cm³/mol. The van der Waals surface area contributed by atoms with E-state index in [1.54, 1.807) is 24.3 Å². The Morgan fingerprint density at radius 1 is 1.00 bits per heavy atom. The zero-order valence-corrected chi connectivity index (χ0v) is 19.2. The monoisotopic (exact) mass is 455 g/mol. The highest BCUT2D eigenvalue weighted by molar-refractivity contribution is 7.80. The average molecular weight is 456 g/mol. The van der Waals surface area contributed by atoms with Crippen LogP contribution in [0.3, 0.4) is 0 Å². The largest absolute Gasteiger partial charge is 0.465 e. The summed E-state index contributed by atoms with van der Waals surface area (Å²) in [4.78, 5) is 36.4. The molecule has 8 heteroatoms. The Morgan fingerprint density at radius 3 is 2.41 bits per heavy atom. The van der Waals surface area contributed by atoms with Gasteiger partial charge in [-0.15, -0.1) is 0 Å². The third kappa shape index (κ3) is 8.85. The minimum Gasteiger partial charge on any atom is -0.465 e. The van der Waals surface area contributed by atoms with Crippen molar-refractivity contribution < 1.29 is 19.1 Å². The van der Waals surface area contributed by atoms with Crippen molar-refractivity contribution in [1.82, 2.24) is 10.6 Å². The van der Waals surface area contributed by atoms with Gasteiger partial charge in [0.15, 0.2) is 5.11 Å².